The Balaban J connectivity index is 4.49. The van der Waals surface area contributed by atoms with E-state index in [1.807, 2.05) is 12.2 Å². The second-order valence-electron chi connectivity index (χ2n) is 14.6. The molecule has 0 amide bonds. The van der Waals surface area contributed by atoms with Crippen molar-refractivity contribution < 1.29 is 52.9 Å². The Morgan fingerprint density at radius 3 is 1.73 bits per heavy atom. The van der Waals surface area contributed by atoms with Crippen molar-refractivity contribution in [1.29, 1.82) is 0 Å². The minimum atomic E-state index is -4.66. The highest BCUT2D eigenvalue weighted by Crippen LogP contribution is 2.43. The van der Waals surface area contributed by atoms with Gasteiger partial charge < -0.3 is 29.7 Å². The Labute approximate surface area is 339 Å². The van der Waals surface area contributed by atoms with Crippen LogP contribution in [-0.4, -0.2) is 76.9 Å². The molecule has 56 heavy (non-hydrogen) atoms. The summed E-state index contributed by atoms with van der Waals surface area (Å²) in [6.07, 6.45) is 38.2. The standard InChI is InChI=1S/C44H79O11P/c1-3-5-7-9-11-13-15-17-18-20-22-24-26-28-30-34-44(49)55-42(39-54-56(50,51)53-37-41(47)36-45)38-52-43(48)35-31-33-40(46)32-29-27-25-23-21-19-16-14-12-10-8-6-4-2/h13,15,19,21,25,27,29,32,40-42,45-47H,3-12,14,16-18,20,22-24,26,28,30-31,33-39H2,1-2H3,(H,50,51)/b15-13-,21-19+,27-25+,32-29+/t40?,41-,42+/m0/s1. The van der Waals surface area contributed by atoms with Crippen LogP contribution >= 0.6 is 7.82 Å². The van der Waals surface area contributed by atoms with Crippen molar-refractivity contribution in [2.24, 2.45) is 0 Å². The van der Waals surface area contributed by atoms with Crippen molar-refractivity contribution in [2.45, 2.75) is 193 Å². The van der Waals surface area contributed by atoms with Crippen LogP contribution < -0.4 is 0 Å². The van der Waals surface area contributed by atoms with Crippen LogP contribution in [0.25, 0.3) is 0 Å². The van der Waals surface area contributed by atoms with Gasteiger partial charge in [-0.25, -0.2) is 4.57 Å². The number of phosphoric acid groups is 1. The maximum absolute atomic E-state index is 12.6. The van der Waals surface area contributed by atoms with E-state index in [-0.39, 0.29) is 12.8 Å². The fourth-order valence-corrected chi connectivity index (χ4v) is 6.43. The van der Waals surface area contributed by atoms with Gasteiger partial charge in [0.25, 0.3) is 0 Å². The molecule has 2 unspecified atom stereocenters. The van der Waals surface area contributed by atoms with Crippen LogP contribution in [-0.2, 0) is 32.7 Å². The smallest absolute Gasteiger partial charge is 0.462 e. The fraction of sp³-hybridized carbons (Fsp3) is 0.773. The van der Waals surface area contributed by atoms with E-state index in [9.17, 15) is 29.3 Å². The molecule has 0 saturated heterocycles. The largest absolute Gasteiger partial charge is 0.472 e. The molecule has 0 bridgehead atoms. The molecule has 0 aliphatic heterocycles. The quantitative estimate of drug-likeness (QED) is 0.0153. The summed E-state index contributed by atoms with van der Waals surface area (Å²) in [5.41, 5.74) is 0. The first-order valence-electron chi connectivity index (χ1n) is 21.7. The Kier molecular flexibility index (Phi) is 38.2. The van der Waals surface area contributed by atoms with Gasteiger partial charge >= 0.3 is 19.8 Å². The first-order valence-corrected chi connectivity index (χ1v) is 23.2. The van der Waals surface area contributed by atoms with Gasteiger partial charge in [0.1, 0.15) is 12.7 Å². The topological polar surface area (TPSA) is 169 Å². The van der Waals surface area contributed by atoms with Crippen LogP contribution in [0, 0.1) is 0 Å². The first-order chi connectivity index (χ1) is 27.1. The maximum atomic E-state index is 12.6. The van der Waals surface area contributed by atoms with Gasteiger partial charge in [-0.15, -0.1) is 0 Å². The summed E-state index contributed by atoms with van der Waals surface area (Å²) in [4.78, 5) is 35.0. The lowest BCUT2D eigenvalue weighted by Gasteiger charge is -2.20. The van der Waals surface area contributed by atoms with Crippen molar-refractivity contribution in [3.63, 3.8) is 0 Å². The zero-order valence-corrected chi connectivity index (χ0v) is 35.8. The third-order valence-electron chi connectivity index (χ3n) is 9.06. The molecule has 0 spiro atoms. The molecule has 0 rings (SSSR count). The van der Waals surface area contributed by atoms with E-state index in [1.54, 1.807) is 12.2 Å². The summed E-state index contributed by atoms with van der Waals surface area (Å²) in [6, 6.07) is 0. The summed E-state index contributed by atoms with van der Waals surface area (Å²) in [5.74, 6) is -1.13. The number of aliphatic hydroxyl groups is 3. The molecule has 0 fully saturated rings. The molecular formula is C44H79O11P. The zero-order valence-electron chi connectivity index (χ0n) is 35.0. The number of aliphatic hydroxyl groups excluding tert-OH is 3. The number of rotatable bonds is 40. The molecule has 0 heterocycles. The summed E-state index contributed by atoms with van der Waals surface area (Å²) in [7, 11) is -4.66. The number of carbonyl (C=O) groups excluding carboxylic acids is 2. The predicted octanol–water partition coefficient (Wildman–Crippen LogP) is 10.3. The van der Waals surface area contributed by atoms with Crippen LogP contribution in [0.3, 0.4) is 0 Å². The van der Waals surface area contributed by atoms with Crippen molar-refractivity contribution >= 4 is 19.8 Å². The molecule has 0 aromatic carbocycles. The van der Waals surface area contributed by atoms with Gasteiger partial charge in [0, 0.05) is 12.8 Å². The van der Waals surface area contributed by atoms with Crippen molar-refractivity contribution in [2.75, 3.05) is 26.4 Å². The van der Waals surface area contributed by atoms with E-state index in [0.717, 1.165) is 44.9 Å². The normalized spacial score (nSPS) is 14.9. The third-order valence-corrected chi connectivity index (χ3v) is 10.0. The molecule has 11 nitrogen and oxygen atoms in total. The monoisotopic (exact) mass is 815 g/mol. The lowest BCUT2D eigenvalue weighted by Crippen LogP contribution is -2.30. The van der Waals surface area contributed by atoms with Crippen LogP contribution in [0.15, 0.2) is 48.6 Å². The zero-order chi connectivity index (χ0) is 41.4. The molecular weight excluding hydrogens is 735 g/mol. The number of allylic oxidation sites excluding steroid dienone is 7. The van der Waals surface area contributed by atoms with Gasteiger partial charge in [0.2, 0.25) is 0 Å². The molecule has 4 N–H and O–H groups in total. The van der Waals surface area contributed by atoms with Gasteiger partial charge in [-0.05, 0) is 64.2 Å². The molecule has 326 valence electrons. The number of hydrogen-bond donors (Lipinski definition) is 4. The van der Waals surface area contributed by atoms with E-state index in [4.69, 9.17) is 19.1 Å². The van der Waals surface area contributed by atoms with Crippen LogP contribution in [0.2, 0.25) is 0 Å². The van der Waals surface area contributed by atoms with Crippen molar-refractivity contribution in [3.8, 4) is 0 Å². The number of phosphoric ester groups is 1. The Morgan fingerprint density at radius 2 is 1.12 bits per heavy atom. The third kappa shape index (κ3) is 38.7. The molecule has 0 aromatic heterocycles. The number of esters is 2. The average Bonchev–Trinajstić information content (AvgIpc) is 3.18. The number of hydrogen-bond acceptors (Lipinski definition) is 10. The Hall–Kier alpha value is -2.11. The predicted molar refractivity (Wildman–Crippen MR) is 225 cm³/mol. The fourth-order valence-electron chi connectivity index (χ4n) is 5.64. The molecule has 0 aliphatic carbocycles. The molecule has 12 heteroatoms. The van der Waals surface area contributed by atoms with Crippen molar-refractivity contribution in [1.82, 2.24) is 0 Å². The molecule has 0 saturated carbocycles. The number of carbonyl (C=O) groups is 2. The van der Waals surface area contributed by atoms with Crippen LogP contribution in [0.1, 0.15) is 174 Å². The van der Waals surface area contributed by atoms with Gasteiger partial charge in [-0.2, -0.15) is 0 Å². The van der Waals surface area contributed by atoms with E-state index in [0.29, 0.717) is 19.3 Å². The molecule has 0 aromatic rings. The second-order valence-corrected chi connectivity index (χ2v) is 16.0. The van der Waals surface area contributed by atoms with E-state index >= 15 is 0 Å². The second kappa shape index (κ2) is 39.7. The van der Waals surface area contributed by atoms with Gasteiger partial charge in [0.05, 0.1) is 25.9 Å². The lowest BCUT2D eigenvalue weighted by atomic mass is 10.1. The lowest BCUT2D eigenvalue weighted by molar-refractivity contribution is -0.161. The maximum Gasteiger partial charge on any atom is 0.472 e. The highest BCUT2D eigenvalue weighted by molar-refractivity contribution is 7.47. The van der Waals surface area contributed by atoms with E-state index in [2.05, 4.69) is 42.7 Å². The highest BCUT2D eigenvalue weighted by Gasteiger charge is 2.27. The van der Waals surface area contributed by atoms with E-state index < -0.39 is 64.5 Å². The minimum absolute atomic E-state index is 0.0160. The SMILES string of the molecule is CCCCCC/C=C\CCCCCCCCCC(=O)O[C@H](COC(=O)CCCC(O)/C=C/C=C/C/C=C/CCCCCCCC)COP(=O)(O)OC[C@@H](O)CO. The Bertz CT molecular complexity index is 1090. The molecule has 4 atom stereocenters. The number of unbranched alkanes of at least 4 members (excludes halogenated alkanes) is 17. The summed E-state index contributed by atoms with van der Waals surface area (Å²) in [5, 5.41) is 28.6. The molecule has 0 radical (unpaired) electrons. The van der Waals surface area contributed by atoms with Crippen molar-refractivity contribution in [3.05, 3.63) is 48.6 Å². The van der Waals surface area contributed by atoms with Gasteiger partial charge in [-0.3, -0.25) is 18.6 Å². The average molecular weight is 815 g/mol. The van der Waals surface area contributed by atoms with Gasteiger partial charge in [-0.1, -0.05) is 146 Å². The van der Waals surface area contributed by atoms with Gasteiger partial charge in [0.15, 0.2) is 6.10 Å². The minimum Gasteiger partial charge on any atom is -0.462 e. The number of ether oxygens (including phenoxy) is 2. The highest BCUT2D eigenvalue weighted by atomic mass is 31.2. The summed E-state index contributed by atoms with van der Waals surface area (Å²) in [6.45, 7) is 2.14. The summed E-state index contributed by atoms with van der Waals surface area (Å²) >= 11 is 0. The van der Waals surface area contributed by atoms with Crippen LogP contribution in [0.5, 0.6) is 0 Å². The Morgan fingerprint density at radius 1 is 0.607 bits per heavy atom. The van der Waals surface area contributed by atoms with Crippen LogP contribution in [0.4, 0.5) is 0 Å². The van der Waals surface area contributed by atoms with E-state index in [1.165, 1.54) is 83.5 Å². The molecule has 0 aliphatic rings. The first kappa shape index (κ1) is 53.9. The summed E-state index contributed by atoms with van der Waals surface area (Å²) < 4.78 is 32.6.